The molecule has 0 spiro atoms. The smallest absolute Gasteiger partial charge is 0.268 e. The van der Waals surface area contributed by atoms with Gasteiger partial charge in [-0.1, -0.05) is 17.7 Å². The summed E-state index contributed by atoms with van der Waals surface area (Å²) in [6.07, 6.45) is 5.89. The molecular formula is C22H26N2OS. The van der Waals surface area contributed by atoms with Gasteiger partial charge in [-0.3, -0.25) is 4.79 Å². The van der Waals surface area contributed by atoms with E-state index in [0.717, 1.165) is 42.9 Å². The Labute approximate surface area is 159 Å². The zero-order chi connectivity index (χ0) is 17.8. The van der Waals surface area contributed by atoms with Gasteiger partial charge in [-0.05, 0) is 75.9 Å². The van der Waals surface area contributed by atoms with E-state index < -0.39 is 0 Å². The molecule has 4 heteroatoms. The topological polar surface area (TPSA) is 23.6 Å². The van der Waals surface area contributed by atoms with Crippen LogP contribution in [0.5, 0.6) is 0 Å². The summed E-state index contributed by atoms with van der Waals surface area (Å²) in [6, 6.07) is 9.14. The second-order valence-electron chi connectivity index (χ2n) is 8.23. The molecule has 2 atom stereocenters. The van der Waals surface area contributed by atoms with Crippen LogP contribution < -0.4 is 4.90 Å². The van der Waals surface area contributed by atoms with E-state index in [1.807, 2.05) is 0 Å². The lowest BCUT2D eigenvalue weighted by atomic mass is 9.89. The summed E-state index contributed by atoms with van der Waals surface area (Å²) in [6.45, 7) is 4.27. The summed E-state index contributed by atoms with van der Waals surface area (Å²) in [7, 11) is 2.20. The number of hydrogen-bond acceptors (Lipinski definition) is 3. The van der Waals surface area contributed by atoms with Crippen molar-refractivity contribution in [2.24, 2.45) is 0 Å². The fourth-order valence-corrected chi connectivity index (χ4v) is 6.25. The van der Waals surface area contributed by atoms with Crippen LogP contribution in [0.1, 0.15) is 56.4 Å². The van der Waals surface area contributed by atoms with Gasteiger partial charge in [0.2, 0.25) is 0 Å². The van der Waals surface area contributed by atoms with E-state index in [0.29, 0.717) is 12.0 Å². The van der Waals surface area contributed by atoms with Gasteiger partial charge in [-0.15, -0.1) is 11.3 Å². The van der Waals surface area contributed by atoms with E-state index in [-0.39, 0.29) is 5.91 Å². The Balaban J connectivity index is 1.55. The average molecular weight is 367 g/mol. The molecule has 0 bridgehead atoms. The van der Waals surface area contributed by atoms with Crippen LogP contribution in [0.25, 0.3) is 0 Å². The molecule has 1 fully saturated rings. The highest BCUT2D eigenvalue weighted by Crippen LogP contribution is 2.46. The van der Waals surface area contributed by atoms with Gasteiger partial charge in [-0.25, -0.2) is 0 Å². The fourth-order valence-electron chi connectivity index (χ4n) is 5.06. The van der Waals surface area contributed by atoms with Crippen LogP contribution >= 0.6 is 11.3 Å². The maximum atomic E-state index is 13.6. The van der Waals surface area contributed by atoms with Gasteiger partial charge < -0.3 is 9.80 Å². The SMILES string of the molecule is Cc1ccc2c(c1)[C@@H]1CN(C)CC[C@@H]1N2C(=O)c1cc2c(s1)CCCC2. The maximum Gasteiger partial charge on any atom is 0.268 e. The first-order valence-electron chi connectivity index (χ1n) is 9.86. The zero-order valence-corrected chi connectivity index (χ0v) is 16.4. The first-order valence-corrected chi connectivity index (χ1v) is 10.7. The van der Waals surface area contributed by atoms with Crippen LogP contribution in [-0.2, 0) is 12.8 Å². The number of rotatable bonds is 1. The highest BCUT2D eigenvalue weighted by Gasteiger charge is 2.44. The zero-order valence-electron chi connectivity index (χ0n) is 15.6. The second-order valence-corrected chi connectivity index (χ2v) is 9.37. The number of hydrogen-bond donors (Lipinski definition) is 0. The van der Waals surface area contributed by atoms with E-state index >= 15 is 0 Å². The normalized spacial score (nSPS) is 24.9. The third-order valence-corrected chi connectivity index (χ3v) is 7.60. The number of thiophene rings is 1. The summed E-state index contributed by atoms with van der Waals surface area (Å²) < 4.78 is 0. The number of likely N-dealkylation sites (tertiary alicyclic amines) is 1. The Hall–Kier alpha value is -1.65. The minimum Gasteiger partial charge on any atom is -0.306 e. The second kappa shape index (κ2) is 6.21. The molecule has 1 aliphatic carbocycles. The molecule has 0 unspecified atom stereocenters. The first kappa shape index (κ1) is 16.5. The molecule has 136 valence electrons. The Morgan fingerprint density at radius 3 is 2.88 bits per heavy atom. The summed E-state index contributed by atoms with van der Waals surface area (Å²) in [5.41, 5.74) is 5.23. The number of nitrogens with zero attached hydrogens (tertiary/aromatic N) is 2. The standard InChI is InChI=1S/C22H26N2OS/c1-14-7-8-18-16(11-14)17-13-23(2)10-9-19(17)24(18)22(25)21-12-15-5-3-4-6-20(15)26-21/h7-8,11-12,17,19H,3-6,9-10,13H2,1-2H3/t17-,19-/m0/s1. The highest BCUT2D eigenvalue weighted by atomic mass is 32.1. The molecule has 1 aromatic heterocycles. The van der Waals surface area contributed by atoms with E-state index in [2.05, 4.69) is 48.0 Å². The van der Waals surface area contributed by atoms with Crippen LogP contribution in [0.15, 0.2) is 24.3 Å². The number of piperidine rings is 1. The van der Waals surface area contributed by atoms with Crippen molar-refractivity contribution in [1.82, 2.24) is 4.90 Å². The quantitative estimate of drug-likeness (QED) is 0.748. The lowest BCUT2D eigenvalue weighted by molar-refractivity contribution is 0.0968. The third-order valence-electron chi connectivity index (χ3n) is 6.38. The molecule has 0 radical (unpaired) electrons. The number of anilines is 1. The number of benzene rings is 1. The van der Waals surface area contributed by atoms with Crippen LogP contribution in [0.2, 0.25) is 0 Å². The number of carbonyl (C=O) groups is 1. The van der Waals surface area contributed by atoms with Crippen molar-refractivity contribution in [2.45, 2.75) is 51.0 Å². The van der Waals surface area contributed by atoms with Crippen molar-refractivity contribution in [3.05, 3.63) is 50.7 Å². The molecule has 1 amide bonds. The average Bonchev–Trinajstić information content (AvgIpc) is 3.20. The fraction of sp³-hybridized carbons (Fsp3) is 0.500. The van der Waals surface area contributed by atoms with Crippen molar-refractivity contribution in [3.63, 3.8) is 0 Å². The molecule has 1 saturated heterocycles. The van der Waals surface area contributed by atoms with Crippen LogP contribution in [-0.4, -0.2) is 37.0 Å². The Morgan fingerprint density at radius 2 is 2.04 bits per heavy atom. The van der Waals surface area contributed by atoms with Gasteiger partial charge in [-0.2, -0.15) is 0 Å². The number of likely N-dealkylation sites (N-methyl/N-ethyl adjacent to an activating group) is 1. The molecule has 2 aliphatic heterocycles. The van der Waals surface area contributed by atoms with Gasteiger partial charge in [0, 0.05) is 29.1 Å². The summed E-state index contributed by atoms with van der Waals surface area (Å²) in [5.74, 6) is 0.675. The molecule has 0 saturated carbocycles. The first-order chi connectivity index (χ1) is 12.6. The largest absolute Gasteiger partial charge is 0.306 e. The number of carbonyl (C=O) groups excluding carboxylic acids is 1. The van der Waals surface area contributed by atoms with E-state index in [1.165, 1.54) is 34.4 Å². The van der Waals surface area contributed by atoms with Crippen molar-refractivity contribution < 1.29 is 4.79 Å². The molecular weight excluding hydrogens is 340 g/mol. The molecule has 3 aliphatic rings. The van der Waals surface area contributed by atoms with E-state index in [9.17, 15) is 4.79 Å². The van der Waals surface area contributed by atoms with Crippen LogP contribution in [0.4, 0.5) is 5.69 Å². The molecule has 3 nitrogen and oxygen atoms in total. The van der Waals surface area contributed by atoms with Crippen molar-refractivity contribution in [3.8, 4) is 0 Å². The van der Waals surface area contributed by atoms with Crippen molar-refractivity contribution >= 4 is 22.9 Å². The summed E-state index contributed by atoms with van der Waals surface area (Å²) >= 11 is 1.75. The predicted molar refractivity (Wildman–Crippen MR) is 108 cm³/mol. The lowest BCUT2D eigenvalue weighted by Crippen LogP contribution is -2.47. The van der Waals surface area contributed by atoms with Crippen LogP contribution in [0, 0.1) is 6.92 Å². The van der Waals surface area contributed by atoms with Gasteiger partial charge in [0.05, 0.1) is 4.88 Å². The molecule has 2 aromatic rings. The highest BCUT2D eigenvalue weighted by molar-refractivity contribution is 7.14. The Kier molecular flexibility index (Phi) is 3.94. The van der Waals surface area contributed by atoms with Gasteiger partial charge >= 0.3 is 0 Å². The van der Waals surface area contributed by atoms with Gasteiger partial charge in [0.25, 0.3) is 5.91 Å². The summed E-state index contributed by atoms with van der Waals surface area (Å²) in [4.78, 5) is 20.5. The van der Waals surface area contributed by atoms with Crippen LogP contribution in [0.3, 0.4) is 0 Å². The lowest BCUT2D eigenvalue weighted by Gasteiger charge is -2.36. The monoisotopic (exact) mass is 366 g/mol. The van der Waals surface area contributed by atoms with E-state index in [4.69, 9.17) is 0 Å². The minimum absolute atomic E-state index is 0.228. The summed E-state index contributed by atoms with van der Waals surface area (Å²) in [5, 5.41) is 0. The minimum atomic E-state index is 0.228. The number of aryl methyl sites for hydroxylation is 3. The Bertz CT molecular complexity index is 848. The predicted octanol–water partition coefficient (Wildman–Crippen LogP) is 4.38. The maximum absolute atomic E-state index is 13.6. The van der Waals surface area contributed by atoms with Crippen molar-refractivity contribution in [2.75, 3.05) is 25.0 Å². The van der Waals surface area contributed by atoms with Gasteiger partial charge in [0.15, 0.2) is 0 Å². The third kappa shape index (κ3) is 2.54. The van der Waals surface area contributed by atoms with Gasteiger partial charge in [0.1, 0.15) is 0 Å². The molecule has 3 heterocycles. The molecule has 26 heavy (non-hydrogen) atoms. The number of amides is 1. The number of fused-ring (bicyclic) bond motifs is 4. The Morgan fingerprint density at radius 1 is 1.19 bits per heavy atom. The van der Waals surface area contributed by atoms with Crippen molar-refractivity contribution in [1.29, 1.82) is 0 Å². The molecule has 1 aromatic carbocycles. The molecule has 0 N–H and O–H groups in total. The van der Waals surface area contributed by atoms with E-state index in [1.54, 1.807) is 11.3 Å². The molecule has 5 rings (SSSR count).